The predicted molar refractivity (Wildman–Crippen MR) is 72.9 cm³/mol. The summed E-state index contributed by atoms with van der Waals surface area (Å²) in [6.45, 7) is 0. The maximum absolute atomic E-state index is 12.1. The lowest BCUT2D eigenvalue weighted by Crippen LogP contribution is -2.18. The highest BCUT2D eigenvalue weighted by molar-refractivity contribution is 5.67. The zero-order valence-electron chi connectivity index (χ0n) is 12.4. The number of halogens is 6. The normalized spacial score (nSPS) is 11.6. The highest BCUT2D eigenvalue weighted by Gasteiger charge is 2.32. The predicted octanol–water partition coefficient (Wildman–Crippen LogP) is 5.06. The van der Waals surface area contributed by atoms with Crippen molar-refractivity contribution in [1.29, 1.82) is 0 Å². The fourth-order valence-corrected chi connectivity index (χ4v) is 1.68. The van der Waals surface area contributed by atoms with Gasteiger partial charge >= 0.3 is 18.9 Å². The quantitative estimate of drug-likeness (QED) is 0.420. The van der Waals surface area contributed by atoms with Crippen LogP contribution in [0.15, 0.2) is 48.5 Å². The van der Waals surface area contributed by atoms with Crippen molar-refractivity contribution in [3.63, 3.8) is 0 Å². The van der Waals surface area contributed by atoms with Crippen LogP contribution in [-0.4, -0.2) is 18.9 Å². The molecule has 0 heterocycles. The molecule has 0 aliphatic heterocycles. The SMILES string of the molecule is O=C(Oc1cccc(OC(F)(F)F)c1)Oc1cccc(OC(F)(F)F)c1. The van der Waals surface area contributed by atoms with Gasteiger partial charge in [-0.25, -0.2) is 4.79 Å². The Bertz CT molecular complexity index is 708. The van der Waals surface area contributed by atoms with Crippen LogP contribution >= 0.6 is 0 Å². The third-order valence-corrected chi connectivity index (χ3v) is 2.48. The topological polar surface area (TPSA) is 54.0 Å². The Balaban J connectivity index is 2.01. The average Bonchev–Trinajstić information content (AvgIpc) is 2.43. The van der Waals surface area contributed by atoms with Crippen LogP contribution in [0.3, 0.4) is 0 Å². The molecule has 0 saturated carbocycles. The molecule has 0 aromatic heterocycles. The van der Waals surface area contributed by atoms with Crippen molar-refractivity contribution in [1.82, 2.24) is 0 Å². The molecule has 0 fully saturated rings. The van der Waals surface area contributed by atoms with E-state index in [0.717, 1.165) is 48.5 Å². The minimum Gasteiger partial charge on any atom is -0.406 e. The fraction of sp³-hybridized carbons (Fsp3) is 0.133. The molecule has 0 atom stereocenters. The van der Waals surface area contributed by atoms with Gasteiger partial charge in [-0.05, 0) is 24.3 Å². The van der Waals surface area contributed by atoms with E-state index in [4.69, 9.17) is 0 Å². The van der Waals surface area contributed by atoms with Crippen molar-refractivity contribution in [2.75, 3.05) is 0 Å². The van der Waals surface area contributed by atoms with Gasteiger partial charge < -0.3 is 18.9 Å². The smallest absolute Gasteiger partial charge is 0.406 e. The van der Waals surface area contributed by atoms with Crippen LogP contribution in [-0.2, 0) is 0 Å². The van der Waals surface area contributed by atoms with Gasteiger partial charge in [0, 0.05) is 12.1 Å². The van der Waals surface area contributed by atoms with Gasteiger partial charge in [-0.1, -0.05) is 12.1 Å². The van der Waals surface area contributed by atoms with Gasteiger partial charge in [0.25, 0.3) is 0 Å². The Kier molecular flexibility index (Phi) is 5.48. The summed E-state index contributed by atoms with van der Waals surface area (Å²) in [4.78, 5) is 11.6. The number of rotatable bonds is 4. The summed E-state index contributed by atoms with van der Waals surface area (Å²) in [5, 5.41) is 0. The summed E-state index contributed by atoms with van der Waals surface area (Å²) >= 11 is 0. The van der Waals surface area contributed by atoms with Crippen LogP contribution in [0.25, 0.3) is 0 Å². The summed E-state index contributed by atoms with van der Waals surface area (Å²) in [6.07, 6.45) is -11.3. The summed E-state index contributed by atoms with van der Waals surface area (Å²) in [5.41, 5.74) is 0. The molecule has 0 aliphatic carbocycles. The molecular formula is C15H8F6O5. The molecule has 0 spiro atoms. The van der Waals surface area contributed by atoms with Crippen molar-refractivity contribution in [2.45, 2.75) is 12.7 Å². The van der Waals surface area contributed by atoms with Crippen LogP contribution in [0.2, 0.25) is 0 Å². The summed E-state index contributed by atoms with van der Waals surface area (Å²) < 4.78 is 89.4. The molecule has 0 N–H and O–H groups in total. The van der Waals surface area contributed by atoms with Gasteiger partial charge in [0.15, 0.2) is 0 Å². The molecule has 11 heteroatoms. The second kappa shape index (κ2) is 7.42. The van der Waals surface area contributed by atoms with Crippen LogP contribution < -0.4 is 18.9 Å². The van der Waals surface area contributed by atoms with E-state index in [1.165, 1.54) is 0 Å². The molecule has 0 aliphatic rings. The first kappa shape index (κ1) is 19.2. The zero-order chi connectivity index (χ0) is 19.4. The van der Waals surface area contributed by atoms with Crippen LogP contribution in [0, 0.1) is 0 Å². The number of ether oxygens (including phenoxy) is 4. The molecule has 2 aromatic carbocycles. The summed E-state index contributed by atoms with van der Waals surface area (Å²) in [5.74, 6) is -1.94. The number of carbonyl (C=O) groups is 1. The van der Waals surface area contributed by atoms with Crippen molar-refractivity contribution in [2.24, 2.45) is 0 Å². The Morgan fingerprint density at radius 1 is 0.654 bits per heavy atom. The molecule has 0 bridgehead atoms. The first-order valence-electron chi connectivity index (χ1n) is 6.61. The lowest BCUT2D eigenvalue weighted by molar-refractivity contribution is -0.275. The van der Waals surface area contributed by atoms with Gasteiger partial charge in [0.05, 0.1) is 0 Å². The second-order valence-electron chi connectivity index (χ2n) is 4.50. The Labute approximate surface area is 141 Å². The van der Waals surface area contributed by atoms with E-state index in [1.54, 1.807) is 0 Å². The Morgan fingerprint density at radius 2 is 1.00 bits per heavy atom. The molecule has 2 rings (SSSR count). The van der Waals surface area contributed by atoms with Gasteiger partial charge in [-0.3, -0.25) is 0 Å². The molecule has 0 radical (unpaired) electrons. The molecule has 0 unspecified atom stereocenters. The van der Waals surface area contributed by atoms with Gasteiger partial charge in [0.1, 0.15) is 23.0 Å². The molecule has 0 saturated heterocycles. The van der Waals surface area contributed by atoms with E-state index in [0.29, 0.717) is 0 Å². The third kappa shape index (κ3) is 6.79. The van der Waals surface area contributed by atoms with Gasteiger partial charge in [-0.2, -0.15) is 0 Å². The number of carbonyl (C=O) groups excluding carboxylic acids is 1. The van der Waals surface area contributed by atoms with Crippen LogP contribution in [0.4, 0.5) is 31.1 Å². The molecule has 140 valence electrons. The summed E-state index contributed by atoms with van der Waals surface area (Å²) in [7, 11) is 0. The maximum atomic E-state index is 12.1. The van der Waals surface area contributed by atoms with Crippen LogP contribution in [0.5, 0.6) is 23.0 Å². The molecule has 26 heavy (non-hydrogen) atoms. The fourth-order valence-electron chi connectivity index (χ4n) is 1.68. The van der Waals surface area contributed by atoms with Crippen molar-refractivity contribution < 1.29 is 50.1 Å². The van der Waals surface area contributed by atoms with E-state index in [9.17, 15) is 31.1 Å². The minimum absolute atomic E-state index is 0.334. The number of hydrogen-bond donors (Lipinski definition) is 0. The van der Waals surface area contributed by atoms with E-state index >= 15 is 0 Å². The molecule has 5 nitrogen and oxygen atoms in total. The average molecular weight is 382 g/mol. The van der Waals surface area contributed by atoms with Crippen LogP contribution in [0.1, 0.15) is 0 Å². The second-order valence-corrected chi connectivity index (χ2v) is 4.50. The highest BCUT2D eigenvalue weighted by Crippen LogP contribution is 2.28. The lowest BCUT2D eigenvalue weighted by atomic mass is 10.3. The summed E-state index contributed by atoms with van der Waals surface area (Å²) in [6, 6.07) is 8.05. The van der Waals surface area contributed by atoms with E-state index in [2.05, 4.69) is 18.9 Å². The highest BCUT2D eigenvalue weighted by atomic mass is 19.4. The van der Waals surface area contributed by atoms with Crippen molar-refractivity contribution >= 4 is 6.16 Å². The monoisotopic (exact) mass is 382 g/mol. The van der Waals surface area contributed by atoms with Gasteiger partial charge in [0.2, 0.25) is 0 Å². The maximum Gasteiger partial charge on any atom is 0.573 e. The Hall–Kier alpha value is -3.11. The largest absolute Gasteiger partial charge is 0.573 e. The first-order valence-corrected chi connectivity index (χ1v) is 6.61. The van der Waals surface area contributed by atoms with Gasteiger partial charge in [-0.15, -0.1) is 26.3 Å². The molecule has 0 amide bonds. The standard InChI is InChI=1S/C15H8F6O5/c16-14(17,18)25-11-5-1-3-9(7-11)23-13(22)24-10-4-2-6-12(8-10)26-15(19,20)21/h1-8H. The zero-order valence-corrected chi connectivity index (χ0v) is 12.4. The number of benzene rings is 2. The van der Waals surface area contributed by atoms with Crippen molar-refractivity contribution in [3.8, 4) is 23.0 Å². The number of alkyl halides is 6. The number of hydrogen-bond acceptors (Lipinski definition) is 5. The molecular weight excluding hydrogens is 374 g/mol. The molecule has 2 aromatic rings. The lowest BCUT2D eigenvalue weighted by Gasteiger charge is -2.11. The minimum atomic E-state index is -4.93. The van der Waals surface area contributed by atoms with E-state index in [1.807, 2.05) is 0 Å². The third-order valence-electron chi connectivity index (χ3n) is 2.48. The van der Waals surface area contributed by atoms with E-state index < -0.39 is 30.4 Å². The Morgan fingerprint density at radius 3 is 1.35 bits per heavy atom. The van der Waals surface area contributed by atoms with E-state index in [-0.39, 0.29) is 11.5 Å². The van der Waals surface area contributed by atoms with Crippen molar-refractivity contribution in [3.05, 3.63) is 48.5 Å². The first-order chi connectivity index (χ1) is 12.0.